The van der Waals surface area contributed by atoms with Crippen LogP contribution < -0.4 is 5.32 Å². The van der Waals surface area contributed by atoms with Gasteiger partial charge < -0.3 is 5.32 Å². The van der Waals surface area contributed by atoms with Crippen molar-refractivity contribution in [3.05, 3.63) is 65.5 Å². The third-order valence-corrected chi connectivity index (χ3v) is 5.69. The molecular formula is C19H19N3O3S. The number of aryl methyl sites for hydroxylation is 1. The summed E-state index contributed by atoms with van der Waals surface area (Å²) in [5.74, 6) is -0.356. The van der Waals surface area contributed by atoms with E-state index in [0.29, 0.717) is 5.52 Å². The molecule has 26 heavy (non-hydrogen) atoms. The summed E-state index contributed by atoms with van der Waals surface area (Å²) in [6.45, 7) is 0. The van der Waals surface area contributed by atoms with Crippen molar-refractivity contribution < 1.29 is 13.2 Å². The highest BCUT2D eigenvalue weighted by Gasteiger charge is 2.26. The second-order valence-electron chi connectivity index (χ2n) is 6.59. The summed E-state index contributed by atoms with van der Waals surface area (Å²) in [5.41, 5.74) is 2.98. The number of sulfone groups is 1. The average molecular weight is 369 g/mol. The van der Waals surface area contributed by atoms with Gasteiger partial charge in [0.15, 0.2) is 5.69 Å². The number of hydrogen-bond acceptors (Lipinski definition) is 4. The SMILES string of the molecule is CS(=O)(=O)c1nc(C(=O)NC2CCCc3ccccc32)c2ccccn12. The first kappa shape index (κ1) is 16.8. The van der Waals surface area contributed by atoms with Gasteiger partial charge in [-0.2, -0.15) is 0 Å². The van der Waals surface area contributed by atoms with Crippen LogP contribution in [0.5, 0.6) is 0 Å². The standard InChI is InChI=1S/C19H19N3O3S/c1-26(24,25)19-21-17(16-11-4-5-12-22(16)19)18(23)20-15-10-6-8-13-7-2-3-9-14(13)15/h2-5,7,9,11-12,15H,6,8,10H2,1H3,(H,20,23). The smallest absolute Gasteiger partial charge is 0.272 e. The highest BCUT2D eigenvalue weighted by molar-refractivity contribution is 7.90. The molecule has 3 aromatic rings. The number of fused-ring (bicyclic) bond motifs is 2. The van der Waals surface area contributed by atoms with Crippen LogP contribution in [-0.2, 0) is 16.3 Å². The number of pyridine rings is 1. The summed E-state index contributed by atoms with van der Waals surface area (Å²) in [5, 5.41) is 2.92. The Morgan fingerprint density at radius 1 is 1.19 bits per heavy atom. The summed E-state index contributed by atoms with van der Waals surface area (Å²) < 4.78 is 25.5. The zero-order valence-corrected chi connectivity index (χ0v) is 15.2. The summed E-state index contributed by atoms with van der Waals surface area (Å²) in [7, 11) is -3.55. The maximum Gasteiger partial charge on any atom is 0.272 e. The lowest BCUT2D eigenvalue weighted by Gasteiger charge is -2.26. The molecule has 2 aromatic heterocycles. The number of benzene rings is 1. The zero-order valence-electron chi connectivity index (χ0n) is 14.3. The van der Waals surface area contributed by atoms with Crippen molar-refractivity contribution in [1.82, 2.24) is 14.7 Å². The van der Waals surface area contributed by atoms with Gasteiger partial charge in [-0.3, -0.25) is 9.20 Å². The van der Waals surface area contributed by atoms with Crippen LogP contribution in [0.1, 0.15) is 40.5 Å². The minimum absolute atomic E-state index is 0.0883. The number of nitrogens with zero attached hydrogens (tertiary/aromatic N) is 2. The van der Waals surface area contributed by atoms with Crippen molar-refractivity contribution >= 4 is 21.3 Å². The van der Waals surface area contributed by atoms with E-state index in [1.807, 2.05) is 18.2 Å². The van der Waals surface area contributed by atoms with Crippen LogP contribution in [0.15, 0.2) is 53.8 Å². The Morgan fingerprint density at radius 3 is 2.77 bits per heavy atom. The van der Waals surface area contributed by atoms with Gasteiger partial charge in [0.25, 0.3) is 5.91 Å². The number of amides is 1. The molecule has 0 spiro atoms. The van der Waals surface area contributed by atoms with Crippen molar-refractivity contribution in [3.8, 4) is 0 Å². The Bertz CT molecular complexity index is 1100. The molecule has 0 bridgehead atoms. The quantitative estimate of drug-likeness (QED) is 0.769. The predicted octanol–water partition coefficient (Wildman–Crippen LogP) is 2.55. The second-order valence-corrected chi connectivity index (χ2v) is 8.50. The van der Waals surface area contributed by atoms with Gasteiger partial charge in [0, 0.05) is 12.5 Å². The van der Waals surface area contributed by atoms with Crippen molar-refractivity contribution in [2.24, 2.45) is 0 Å². The monoisotopic (exact) mass is 369 g/mol. The number of carbonyl (C=O) groups is 1. The maximum atomic E-state index is 12.9. The lowest BCUT2D eigenvalue weighted by atomic mass is 9.87. The van der Waals surface area contributed by atoms with Crippen LogP contribution in [0.2, 0.25) is 0 Å². The molecule has 6 nitrogen and oxygen atoms in total. The van der Waals surface area contributed by atoms with Gasteiger partial charge >= 0.3 is 0 Å². The number of carbonyl (C=O) groups excluding carboxylic acids is 1. The van der Waals surface area contributed by atoms with E-state index in [9.17, 15) is 13.2 Å². The van der Waals surface area contributed by atoms with Gasteiger partial charge in [-0.05, 0) is 42.5 Å². The van der Waals surface area contributed by atoms with Crippen molar-refractivity contribution in [2.75, 3.05) is 6.26 Å². The topological polar surface area (TPSA) is 80.5 Å². The molecule has 0 aliphatic heterocycles. The molecule has 0 fully saturated rings. The van der Waals surface area contributed by atoms with E-state index in [2.05, 4.69) is 16.4 Å². The molecule has 1 aliphatic carbocycles. The first-order valence-corrected chi connectivity index (χ1v) is 10.4. The normalized spacial score (nSPS) is 17.0. The number of nitrogens with one attached hydrogen (secondary N) is 1. The highest BCUT2D eigenvalue weighted by atomic mass is 32.2. The van der Waals surface area contributed by atoms with E-state index in [0.717, 1.165) is 31.1 Å². The highest BCUT2D eigenvalue weighted by Crippen LogP contribution is 2.30. The molecule has 134 valence electrons. The number of rotatable bonds is 3. The van der Waals surface area contributed by atoms with Crippen LogP contribution in [0.25, 0.3) is 5.52 Å². The number of aromatic nitrogens is 2. The van der Waals surface area contributed by atoms with E-state index >= 15 is 0 Å². The number of imidazole rings is 1. The van der Waals surface area contributed by atoms with Crippen molar-refractivity contribution in [2.45, 2.75) is 30.5 Å². The minimum atomic E-state index is -3.55. The van der Waals surface area contributed by atoms with Crippen LogP contribution >= 0.6 is 0 Å². The number of hydrogen-bond donors (Lipinski definition) is 1. The summed E-state index contributed by atoms with van der Waals surface area (Å²) in [6.07, 6.45) is 5.56. The first-order chi connectivity index (χ1) is 12.4. The van der Waals surface area contributed by atoms with Crippen molar-refractivity contribution in [1.29, 1.82) is 0 Å². The van der Waals surface area contributed by atoms with E-state index in [1.54, 1.807) is 24.4 Å². The molecule has 1 unspecified atom stereocenters. The van der Waals surface area contributed by atoms with Gasteiger partial charge in [0.2, 0.25) is 15.0 Å². The molecule has 0 saturated carbocycles. The molecule has 1 amide bonds. The molecule has 0 saturated heterocycles. The minimum Gasteiger partial charge on any atom is -0.344 e. The molecular weight excluding hydrogens is 350 g/mol. The molecule has 2 heterocycles. The maximum absolute atomic E-state index is 12.9. The van der Waals surface area contributed by atoms with E-state index in [-0.39, 0.29) is 22.8 Å². The molecule has 1 aromatic carbocycles. The van der Waals surface area contributed by atoms with Gasteiger partial charge in [-0.1, -0.05) is 30.3 Å². The fourth-order valence-electron chi connectivity index (χ4n) is 3.57. The van der Waals surface area contributed by atoms with E-state index < -0.39 is 9.84 Å². The van der Waals surface area contributed by atoms with Gasteiger partial charge in [0.05, 0.1) is 11.6 Å². The van der Waals surface area contributed by atoms with Gasteiger partial charge in [-0.15, -0.1) is 0 Å². The van der Waals surface area contributed by atoms with E-state index in [4.69, 9.17) is 0 Å². The molecule has 1 atom stereocenters. The van der Waals surface area contributed by atoms with Crippen LogP contribution in [0.3, 0.4) is 0 Å². The van der Waals surface area contributed by atoms with E-state index in [1.165, 1.54) is 9.96 Å². The second kappa shape index (κ2) is 6.25. The fraction of sp³-hybridized carbons (Fsp3) is 0.263. The summed E-state index contributed by atoms with van der Waals surface area (Å²) in [4.78, 5) is 17.0. The Morgan fingerprint density at radius 2 is 1.96 bits per heavy atom. The Balaban J connectivity index is 1.72. The van der Waals surface area contributed by atoms with Gasteiger partial charge in [0.1, 0.15) is 0 Å². The first-order valence-electron chi connectivity index (χ1n) is 8.51. The fourth-order valence-corrected chi connectivity index (χ4v) is 4.34. The Hall–Kier alpha value is -2.67. The van der Waals surface area contributed by atoms with Crippen LogP contribution in [0.4, 0.5) is 0 Å². The largest absolute Gasteiger partial charge is 0.344 e. The lowest BCUT2D eigenvalue weighted by molar-refractivity contribution is 0.0929. The molecule has 1 N–H and O–H groups in total. The molecule has 1 aliphatic rings. The molecule has 4 rings (SSSR count). The lowest BCUT2D eigenvalue weighted by Crippen LogP contribution is -2.31. The van der Waals surface area contributed by atoms with Crippen molar-refractivity contribution in [3.63, 3.8) is 0 Å². The third kappa shape index (κ3) is 2.88. The third-order valence-electron chi connectivity index (χ3n) is 4.74. The molecule has 0 radical (unpaired) electrons. The molecule has 7 heteroatoms. The zero-order chi connectivity index (χ0) is 18.3. The van der Waals surface area contributed by atoms with Gasteiger partial charge in [-0.25, -0.2) is 13.4 Å². The Labute approximate surface area is 151 Å². The van der Waals surface area contributed by atoms with Crippen LogP contribution in [-0.4, -0.2) is 30.0 Å². The summed E-state index contributed by atoms with van der Waals surface area (Å²) >= 11 is 0. The van der Waals surface area contributed by atoms with Crippen LogP contribution in [0, 0.1) is 0 Å². The summed E-state index contributed by atoms with van der Waals surface area (Å²) in [6, 6.07) is 13.2. The average Bonchev–Trinajstić information content (AvgIpc) is 3.02. The Kier molecular flexibility index (Phi) is 4.03. The predicted molar refractivity (Wildman–Crippen MR) is 97.9 cm³/mol.